The van der Waals surface area contributed by atoms with Crippen LogP contribution in [-0.2, 0) is 14.8 Å². The molecular formula is C19H18N2O6S. The number of carboxylic acids is 1. The zero-order chi connectivity index (χ0) is 20.1. The highest BCUT2D eigenvalue weighted by Crippen LogP contribution is 2.58. The first-order chi connectivity index (χ1) is 13.3. The highest BCUT2D eigenvalue weighted by atomic mass is 32.2. The smallest absolute Gasteiger partial charge is 0.325 e. The number of aliphatic carboxylic acids is 1. The first-order valence-electron chi connectivity index (χ1n) is 8.61. The van der Waals surface area contributed by atoms with E-state index in [0.717, 1.165) is 5.56 Å². The molecule has 8 nitrogen and oxygen atoms in total. The van der Waals surface area contributed by atoms with Crippen LogP contribution in [0.2, 0.25) is 0 Å². The number of aromatic nitrogens is 1. The zero-order valence-corrected chi connectivity index (χ0v) is 15.9. The molecule has 3 aromatic rings. The number of hydrogen-bond donors (Lipinski definition) is 2. The molecule has 3 atom stereocenters. The van der Waals surface area contributed by atoms with Crippen LogP contribution >= 0.6 is 0 Å². The van der Waals surface area contributed by atoms with Gasteiger partial charge in [0.15, 0.2) is 5.76 Å². The number of carboxylic acid groups (broad SMARTS) is 1. The molecule has 1 fully saturated rings. The molecule has 0 bridgehead atoms. The van der Waals surface area contributed by atoms with Gasteiger partial charge in [-0.05, 0) is 30.5 Å². The maximum absolute atomic E-state index is 12.9. The minimum absolute atomic E-state index is 0.213. The van der Waals surface area contributed by atoms with E-state index in [-0.39, 0.29) is 10.9 Å². The van der Waals surface area contributed by atoms with Crippen LogP contribution in [0.25, 0.3) is 11.5 Å². The summed E-state index contributed by atoms with van der Waals surface area (Å²) in [6.45, 7) is 3.41. The van der Waals surface area contributed by atoms with E-state index < -0.39 is 33.4 Å². The van der Waals surface area contributed by atoms with Crippen LogP contribution in [0.3, 0.4) is 0 Å². The third kappa shape index (κ3) is 2.83. The largest absolute Gasteiger partial charge is 0.480 e. The van der Waals surface area contributed by atoms with E-state index in [1.165, 1.54) is 12.1 Å². The van der Waals surface area contributed by atoms with Crippen LogP contribution in [0.5, 0.6) is 0 Å². The van der Waals surface area contributed by atoms with Crippen LogP contribution in [0.1, 0.15) is 24.2 Å². The fraction of sp³-hybridized carbons (Fsp3) is 0.263. The standard InChI is InChI=1S/C19H18N2O6S/c1-11-10-14(20-27-11)15-8-9-16(26-15)28(24,25)21-19(18(22)23)12(2)17(19)13-6-4-3-5-7-13/h3-10,12,17,21H,1-2H3,(H,22,23)/t12?,17-,19-/m0/s1. The Labute approximate surface area is 161 Å². The Hall–Kier alpha value is -2.91. The number of benzene rings is 1. The Balaban J connectivity index is 1.65. The molecule has 1 unspecified atom stereocenters. The Kier molecular flexibility index (Phi) is 4.16. The Morgan fingerprint density at radius 1 is 1.21 bits per heavy atom. The molecule has 2 aromatic heterocycles. The highest BCUT2D eigenvalue weighted by molar-refractivity contribution is 7.89. The molecule has 1 saturated carbocycles. The van der Waals surface area contributed by atoms with Gasteiger partial charge >= 0.3 is 5.97 Å². The molecule has 1 aliphatic rings. The molecule has 0 saturated heterocycles. The van der Waals surface area contributed by atoms with Crippen LogP contribution in [0.15, 0.2) is 62.6 Å². The van der Waals surface area contributed by atoms with Gasteiger partial charge in [-0.3, -0.25) is 4.79 Å². The Morgan fingerprint density at radius 3 is 2.54 bits per heavy atom. The zero-order valence-electron chi connectivity index (χ0n) is 15.1. The van der Waals surface area contributed by atoms with Gasteiger partial charge in [-0.15, -0.1) is 0 Å². The fourth-order valence-electron chi connectivity index (χ4n) is 3.66. The van der Waals surface area contributed by atoms with E-state index in [1.807, 2.05) is 6.07 Å². The summed E-state index contributed by atoms with van der Waals surface area (Å²) in [5, 5.41) is 13.2. The van der Waals surface area contributed by atoms with Crippen LogP contribution in [0, 0.1) is 12.8 Å². The predicted octanol–water partition coefficient (Wildman–Crippen LogP) is 2.78. The van der Waals surface area contributed by atoms with Crippen molar-refractivity contribution in [2.75, 3.05) is 0 Å². The van der Waals surface area contributed by atoms with E-state index in [2.05, 4.69) is 9.88 Å². The molecule has 28 heavy (non-hydrogen) atoms. The summed E-state index contributed by atoms with van der Waals surface area (Å²) in [4.78, 5) is 12.0. The molecular weight excluding hydrogens is 384 g/mol. The summed E-state index contributed by atoms with van der Waals surface area (Å²) >= 11 is 0. The molecule has 2 heterocycles. The number of carbonyl (C=O) groups is 1. The monoisotopic (exact) mass is 402 g/mol. The van der Waals surface area contributed by atoms with Gasteiger partial charge in [0.25, 0.3) is 10.0 Å². The molecule has 0 amide bonds. The SMILES string of the molecule is Cc1cc(-c2ccc(S(=O)(=O)N[C@@]3(C(=O)O)C(C)[C@H]3c3ccccc3)o2)no1. The van der Waals surface area contributed by atoms with Gasteiger partial charge in [-0.1, -0.05) is 42.4 Å². The summed E-state index contributed by atoms with van der Waals surface area (Å²) in [6, 6.07) is 13.3. The van der Waals surface area contributed by atoms with Gasteiger partial charge in [0, 0.05) is 12.0 Å². The van der Waals surface area contributed by atoms with Crippen molar-refractivity contribution in [2.45, 2.75) is 30.4 Å². The average Bonchev–Trinajstić information content (AvgIpc) is 3.06. The third-order valence-corrected chi connectivity index (χ3v) is 6.50. The molecule has 1 aromatic carbocycles. The minimum Gasteiger partial charge on any atom is -0.480 e. The van der Waals surface area contributed by atoms with Crippen molar-refractivity contribution in [3.8, 4) is 11.5 Å². The molecule has 4 rings (SSSR count). The van der Waals surface area contributed by atoms with Crippen LogP contribution < -0.4 is 4.72 Å². The van der Waals surface area contributed by atoms with Crippen LogP contribution in [0.4, 0.5) is 0 Å². The first kappa shape index (κ1) is 18.5. The molecule has 9 heteroatoms. The van der Waals surface area contributed by atoms with E-state index in [4.69, 9.17) is 8.94 Å². The van der Waals surface area contributed by atoms with Crippen molar-refractivity contribution in [3.05, 3.63) is 59.9 Å². The van der Waals surface area contributed by atoms with Crippen LogP contribution in [-0.4, -0.2) is 30.2 Å². The van der Waals surface area contributed by atoms with Crippen molar-refractivity contribution in [1.82, 2.24) is 9.88 Å². The maximum atomic E-state index is 12.9. The van der Waals surface area contributed by atoms with Crippen molar-refractivity contribution in [1.29, 1.82) is 0 Å². The lowest BCUT2D eigenvalue weighted by molar-refractivity contribution is -0.140. The van der Waals surface area contributed by atoms with Gasteiger partial charge in [-0.2, -0.15) is 4.72 Å². The van der Waals surface area contributed by atoms with Crippen molar-refractivity contribution >= 4 is 16.0 Å². The summed E-state index contributed by atoms with van der Waals surface area (Å²) in [5.41, 5.74) is -0.510. The molecule has 0 spiro atoms. The number of hydrogen-bond acceptors (Lipinski definition) is 6. The summed E-state index contributed by atoms with van der Waals surface area (Å²) in [6.07, 6.45) is 0. The molecule has 1 aliphatic carbocycles. The highest BCUT2D eigenvalue weighted by Gasteiger charge is 2.70. The van der Waals surface area contributed by atoms with E-state index >= 15 is 0 Å². The Bertz CT molecular complexity index is 1130. The second-order valence-electron chi connectivity index (χ2n) is 6.90. The number of nitrogens with zero attached hydrogens (tertiary/aromatic N) is 1. The summed E-state index contributed by atoms with van der Waals surface area (Å²) < 4.78 is 38.4. The molecule has 2 N–H and O–H groups in total. The third-order valence-electron chi connectivity index (χ3n) is 5.14. The number of rotatable bonds is 6. The van der Waals surface area contributed by atoms with Crippen molar-refractivity contribution in [3.63, 3.8) is 0 Å². The predicted molar refractivity (Wildman–Crippen MR) is 98.0 cm³/mol. The lowest BCUT2D eigenvalue weighted by atomic mass is 10.1. The quantitative estimate of drug-likeness (QED) is 0.650. The van der Waals surface area contributed by atoms with Crippen molar-refractivity contribution in [2.24, 2.45) is 5.92 Å². The first-order valence-corrected chi connectivity index (χ1v) is 10.1. The molecule has 146 valence electrons. The van der Waals surface area contributed by atoms with E-state index in [0.29, 0.717) is 11.5 Å². The number of aryl methyl sites for hydroxylation is 1. The van der Waals surface area contributed by atoms with E-state index in [9.17, 15) is 18.3 Å². The van der Waals surface area contributed by atoms with Crippen molar-refractivity contribution < 1.29 is 27.3 Å². The molecule has 0 radical (unpaired) electrons. The molecule has 0 aliphatic heterocycles. The fourth-order valence-corrected chi connectivity index (χ4v) is 5.05. The topological polar surface area (TPSA) is 123 Å². The number of nitrogens with one attached hydrogen (secondary N) is 1. The maximum Gasteiger partial charge on any atom is 0.325 e. The number of sulfonamides is 1. The minimum atomic E-state index is -4.21. The lowest BCUT2D eigenvalue weighted by Gasteiger charge is -2.14. The van der Waals surface area contributed by atoms with E-state index in [1.54, 1.807) is 44.2 Å². The van der Waals surface area contributed by atoms with Gasteiger partial charge in [-0.25, -0.2) is 8.42 Å². The van der Waals surface area contributed by atoms with Gasteiger partial charge < -0.3 is 14.0 Å². The normalized spacial score (nSPS) is 24.2. The van der Waals surface area contributed by atoms with Gasteiger partial charge in [0.1, 0.15) is 17.0 Å². The average molecular weight is 402 g/mol. The lowest BCUT2D eigenvalue weighted by Crippen LogP contribution is -2.45. The summed E-state index contributed by atoms with van der Waals surface area (Å²) in [7, 11) is -4.21. The Morgan fingerprint density at radius 2 is 1.93 bits per heavy atom. The van der Waals surface area contributed by atoms with Gasteiger partial charge in [0.05, 0.1) is 0 Å². The second-order valence-corrected chi connectivity index (χ2v) is 8.51. The number of furan rings is 1. The summed E-state index contributed by atoms with van der Waals surface area (Å²) in [5.74, 6) is -1.36. The second kappa shape index (κ2) is 6.32. The van der Waals surface area contributed by atoms with Gasteiger partial charge in [0.2, 0.25) is 5.09 Å².